The Morgan fingerprint density at radius 3 is 2.28 bits per heavy atom. The van der Waals surface area contributed by atoms with Gasteiger partial charge in [0.25, 0.3) is 5.56 Å². The van der Waals surface area contributed by atoms with Gasteiger partial charge in [-0.1, -0.05) is 18.2 Å². The molecule has 0 spiro atoms. The number of methoxy groups -OCH3 is 1. The van der Waals surface area contributed by atoms with Crippen molar-refractivity contribution in [3.63, 3.8) is 0 Å². The maximum absolute atomic E-state index is 12.7. The molecule has 2 rings (SSSR count). The van der Waals surface area contributed by atoms with E-state index in [1.807, 2.05) is 0 Å². The summed E-state index contributed by atoms with van der Waals surface area (Å²) in [5.74, 6) is -1.64. The summed E-state index contributed by atoms with van der Waals surface area (Å²) in [6.45, 7) is 0. The normalized spacial score (nSPS) is 12.2. The lowest BCUT2D eigenvalue weighted by Gasteiger charge is -2.17. The van der Waals surface area contributed by atoms with Gasteiger partial charge in [0.1, 0.15) is 0 Å². The number of alkyl halides is 3. The topological polar surface area (TPSA) is 91.7 Å². The van der Waals surface area contributed by atoms with E-state index >= 15 is 0 Å². The number of carbonyl (C=O) groups is 1. The lowest BCUT2D eigenvalue weighted by Crippen LogP contribution is -2.30. The van der Waals surface area contributed by atoms with Crippen LogP contribution in [0.25, 0.3) is 10.8 Å². The Balaban J connectivity index is 2.83. The molecule has 0 fully saturated rings. The standard InChI is InChI=1S/C14H12F3NO6S/c1-18-10(7-11(19)23-2)12(24-25(21,22)14(15,16)17)8-5-3-4-6-9(8)13(18)20/h3-6H,7H2,1-2H3. The summed E-state index contributed by atoms with van der Waals surface area (Å²) in [7, 11) is -3.79. The van der Waals surface area contributed by atoms with Gasteiger partial charge in [-0.25, -0.2) is 0 Å². The maximum Gasteiger partial charge on any atom is 0.534 e. The van der Waals surface area contributed by atoms with Gasteiger partial charge in [-0.05, 0) is 6.07 Å². The first kappa shape index (κ1) is 18.8. The first-order chi connectivity index (χ1) is 11.5. The highest BCUT2D eigenvalue weighted by Crippen LogP contribution is 2.33. The molecule has 0 radical (unpaired) electrons. The van der Waals surface area contributed by atoms with E-state index in [0.29, 0.717) is 0 Å². The second-order valence-electron chi connectivity index (χ2n) is 4.92. The number of pyridine rings is 1. The third kappa shape index (κ3) is 3.45. The number of halogens is 3. The van der Waals surface area contributed by atoms with E-state index in [0.717, 1.165) is 11.7 Å². The van der Waals surface area contributed by atoms with Crippen LogP contribution in [-0.4, -0.2) is 31.6 Å². The smallest absolute Gasteiger partial charge is 0.469 e. The van der Waals surface area contributed by atoms with E-state index in [2.05, 4.69) is 8.92 Å². The minimum absolute atomic E-state index is 0.0639. The summed E-state index contributed by atoms with van der Waals surface area (Å²) < 4.78 is 70.4. The monoisotopic (exact) mass is 379 g/mol. The Morgan fingerprint density at radius 2 is 1.76 bits per heavy atom. The van der Waals surface area contributed by atoms with Crippen molar-refractivity contribution in [2.45, 2.75) is 11.9 Å². The molecule has 0 aliphatic rings. The van der Waals surface area contributed by atoms with Gasteiger partial charge in [0.15, 0.2) is 5.75 Å². The lowest BCUT2D eigenvalue weighted by atomic mass is 10.1. The van der Waals surface area contributed by atoms with E-state index in [9.17, 15) is 31.2 Å². The molecule has 136 valence electrons. The van der Waals surface area contributed by atoms with Gasteiger partial charge < -0.3 is 13.5 Å². The number of hydrogen-bond donors (Lipinski definition) is 0. The number of esters is 1. The first-order valence-corrected chi connectivity index (χ1v) is 8.08. The largest absolute Gasteiger partial charge is 0.534 e. The van der Waals surface area contributed by atoms with E-state index in [1.165, 1.54) is 31.3 Å². The molecule has 0 aliphatic heterocycles. The summed E-state index contributed by atoms with van der Waals surface area (Å²) in [5.41, 5.74) is -6.67. The van der Waals surface area contributed by atoms with Gasteiger partial charge in [0.05, 0.1) is 24.6 Å². The number of benzene rings is 1. The van der Waals surface area contributed by atoms with E-state index < -0.39 is 39.3 Å². The Morgan fingerprint density at radius 1 is 1.20 bits per heavy atom. The van der Waals surface area contributed by atoms with Gasteiger partial charge in [-0.15, -0.1) is 0 Å². The lowest BCUT2D eigenvalue weighted by molar-refractivity contribution is -0.139. The SMILES string of the molecule is COC(=O)Cc1c(OS(=O)(=O)C(F)(F)F)c2ccccc2c(=O)n1C. The molecule has 2 aromatic rings. The van der Waals surface area contributed by atoms with Gasteiger partial charge >= 0.3 is 21.6 Å². The van der Waals surface area contributed by atoms with Crippen molar-refractivity contribution in [1.82, 2.24) is 4.57 Å². The molecule has 1 heterocycles. The van der Waals surface area contributed by atoms with Crippen LogP contribution < -0.4 is 9.74 Å². The Kier molecular flexibility index (Phi) is 4.80. The predicted octanol–water partition coefficient (Wildman–Crippen LogP) is 1.48. The fourth-order valence-electron chi connectivity index (χ4n) is 2.14. The zero-order valence-corrected chi connectivity index (χ0v) is 13.8. The first-order valence-electron chi connectivity index (χ1n) is 6.67. The fourth-order valence-corrected chi connectivity index (χ4v) is 2.64. The molecule has 11 heteroatoms. The summed E-state index contributed by atoms with van der Waals surface area (Å²) in [6, 6.07) is 5.36. The number of ether oxygens (including phenoxy) is 1. The van der Waals surface area contributed by atoms with E-state index in [1.54, 1.807) is 0 Å². The molecular formula is C14H12F3NO6S. The van der Waals surface area contributed by atoms with Crippen LogP contribution in [0.15, 0.2) is 29.1 Å². The third-order valence-corrected chi connectivity index (χ3v) is 4.34. The molecule has 7 nitrogen and oxygen atoms in total. The van der Waals surface area contributed by atoms with Crippen LogP contribution >= 0.6 is 0 Å². The van der Waals surface area contributed by atoms with Crippen LogP contribution in [0.3, 0.4) is 0 Å². The van der Waals surface area contributed by atoms with Crippen molar-refractivity contribution >= 4 is 26.9 Å². The van der Waals surface area contributed by atoms with Crippen molar-refractivity contribution in [3.8, 4) is 5.75 Å². The number of nitrogens with zero attached hydrogens (tertiary/aromatic N) is 1. The number of fused-ring (bicyclic) bond motifs is 1. The van der Waals surface area contributed by atoms with Crippen LogP contribution in [0.5, 0.6) is 5.75 Å². The van der Waals surface area contributed by atoms with Crippen LogP contribution in [0.2, 0.25) is 0 Å². The quantitative estimate of drug-likeness (QED) is 0.454. The molecule has 0 amide bonds. The molecule has 0 saturated heterocycles. The minimum atomic E-state index is -6.00. The molecule has 0 atom stereocenters. The highest BCUT2D eigenvalue weighted by atomic mass is 32.2. The zero-order valence-electron chi connectivity index (χ0n) is 13.0. The summed E-state index contributed by atoms with van der Waals surface area (Å²) in [5, 5.41) is -0.233. The molecule has 0 N–H and O–H groups in total. The molecule has 0 bridgehead atoms. The van der Waals surface area contributed by atoms with Crippen molar-refractivity contribution in [3.05, 3.63) is 40.3 Å². The van der Waals surface area contributed by atoms with E-state index in [4.69, 9.17) is 0 Å². The Bertz CT molecular complexity index is 994. The molecule has 1 aromatic heterocycles. The molecular weight excluding hydrogens is 367 g/mol. The van der Waals surface area contributed by atoms with Crippen LogP contribution in [0, 0.1) is 0 Å². The van der Waals surface area contributed by atoms with Crippen molar-refractivity contribution < 1.29 is 35.3 Å². The second kappa shape index (κ2) is 6.39. The Labute approximate surface area is 139 Å². The van der Waals surface area contributed by atoms with Crippen molar-refractivity contribution in [2.24, 2.45) is 7.05 Å². The molecule has 25 heavy (non-hydrogen) atoms. The average Bonchev–Trinajstić information content (AvgIpc) is 2.54. The van der Waals surface area contributed by atoms with Gasteiger partial charge in [0.2, 0.25) is 0 Å². The summed E-state index contributed by atoms with van der Waals surface area (Å²) in [4.78, 5) is 23.8. The Hall–Kier alpha value is -2.56. The highest BCUT2D eigenvalue weighted by molar-refractivity contribution is 7.88. The van der Waals surface area contributed by atoms with Gasteiger partial charge in [-0.3, -0.25) is 9.59 Å². The zero-order chi connectivity index (χ0) is 19.0. The van der Waals surface area contributed by atoms with Crippen molar-refractivity contribution in [2.75, 3.05) is 7.11 Å². The van der Waals surface area contributed by atoms with Crippen molar-refractivity contribution in [1.29, 1.82) is 0 Å². The molecule has 0 saturated carbocycles. The van der Waals surface area contributed by atoms with Gasteiger partial charge in [-0.2, -0.15) is 21.6 Å². The van der Waals surface area contributed by atoms with E-state index in [-0.39, 0.29) is 16.5 Å². The predicted molar refractivity (Wildman–Crippen MR) is 80.5 cm³/mol. The third-order valence-electron chi connectivity index (χ3n) is 3.39. The highest BCUT2D eigenvalue weighted by Gasteiger charge is 2.49. The van der Waals surface area contributed by atoms with Crippen LogP contribution in [-0.2, 0) is 33.1 Å². The second-order valence-corrected chi connectivity index (χ2v) is 6.46. The van der Waals surface area contributed by atoms with Crippen LogP contribution in [0.4, 0.5) is 13.2 Å². The maximum atomic E-state index is 12.7. The minimum Gasteiger partial charge on any atom is -0.469 e. The molecule has 0 aliphatic carbocycles. The number of rotatable bonds is 4. The average molecular weight is 379 g/mol. The molecule has 0 unspecified atom stereocenters. The number of carbonyl (C=O) groups excluding carboxylic acids is 1. The number of aromatic nitrogens is 1. The fraction of sp³-hybridized carbons (Fsp3) is 0.286. The summed E-state index contributed by atoms with van der Waals surface area (Å²) in [6.07, 6.45) is -0.657. The van der Waals surface area contributed by atoms with Crippen LogP contribution in [0.1, 0.15) is 5.69 Å². The number of hydrogen-bond acceptors (Lipinski definition) is 6. The molecule has 1 aromatic carbocycles. The summed E-state index contributed by atoms with van der Waals surface area (Å²) >= 11 is 0. The van der Waals surface area contributed by atoms with Gasteiger partial charge in [0, 0.05) is 12.4 Å².